The molecule has 0 spiro atoms. The lowest BCUT2D eigenvalue weighted by Gasteiger charge is -2.30. The van der Waals surface area contributed by atoms with Crippen LogP contribution in [0.15, 0.2) is 30.3 Å². The molecule has 1 aromatic carbocycles. The zero-order valence-corrected chi connectivity index (χ0v) is 11.7. The zero-order chi connectivity index (χ0) is 13.0. The molecule has 100 valence electrons. The van der Waals surface area contributed by atoms with Crippen LogP contribution in [0.5, 0.6) is 0 Å². The van der Waals surface area contributed by atoms with Crippen LogP contribution < -0.4 is 5.73 Å². The number of rotatable bonds is 5. The van der Waals surface area contributed by atoms with E-state index in [4.69, 9.17) is 5.73 Å². The highest BCUT2D eigenvalue weighted by Gasteiger charge is 2.28. The van der Waals surface area contributed by atoms with E-state index in [9.17, 15) is 0 Å². The van der Waals surface area contributed by atoms with Crippen LogP contribution in [0.1, 0.15) is 38.2 Å². The lowest BCUT2D eigenvalue weighted by Crippen LogP contribution is -2.34. The largest absolute Gasteiger partial charge is 0.330 e. The summed E-state index contributed by atoms with van der Waals surface area (Å²) in [6.07, 6.45) is 2.40. The number of nitrogens with zero attached hydrogens (tertiary/aromatic N) is 1. The van der Waals surface area contributed by atoms with E-state index in [0.717, 1.165) is 18.9 Å². The molecule has 2 heteroatoms. The number of hydrogen-bond donors (Lipinski definition) is 1. The van der Waals surface area contributed by atoms with Crippen molar-refractivity contribution < 1.29 is 0 Å². The number of nitrogens with two attached hydrogens (primary N) is 1. The van der Waals surface area contributed by atoms with Gasteiger partial charge in [0.2, 0.25) is 0 Å². The molecule has 1 saturated heterocycles. The van der Waals surface area contributed by atoms with E-state index in [0.29, 0.717) is 5.41 Å². The highest BCUT2D eigenvalue weighted by Crippen LogP contribution is 2.30. The molecule has 2 nitrogen and oxygen atoms in total. The SMILES string of the molecule is CC(C)(CCN)CN1CCC(c2ccccc2)C1. The first-order valence-electron chi connectivity index (χ1n) is 7.08. The molecule has 1 heterocycles. The Morgan fingerprint density at radius 2 is 2.00 bits per heavy atom. The second-order valence-electron chi connectivity index (χ2n) is 6.33. The first kappa shape index (κ1) is 13.6. The van der Waals surface area contributed by atoms with Gasteiger partial charge in [-0.2, -0.15) is 0 Å². The van der Waals surface area contributed by atoms with Crippen molar-refractivity contribution in [3.63, 3.8) is 0 Å². The van der Waals surface area contributed by atoms with Gasteiger partial charge in [-0.05, 0) is 42.8 Å². The maximum Gasteiger partial charge on any atom is 0.00510 e. The lowest BCUT2D eigenvalue weighted by molar-refractivity contribution is 0.198. The lowest BCUT2D eigenvalue weighted by atomic mass is 9.89. The Labute approximate surface area is 111 Å². The van der Waals surface area contributed by atoms with Gasteiger partial charge in [-0.3, -0.25) is 0 Å². The summed E-state index contributed by atoms with van der Waals surface area (Å²) in [7, 11) is 0. The highest BCUT2D eigenvalue weighted by molar-refractivity contribution is 5.21. The Morgan fingerprint density at radius 1 is 1.28 bits per heavy atom. The van der Waals surface area contributed by atoms with Crippen molar-refractivity contribution in [2.75, 3.05) is 26.2 Å². The normalized spacial score (nSPS) is 21.4. The molecule has 18 heavy (non-hydrogen) atoms. The minimum atomic E-state index is 0.348. The summed E-state index contributed by atoms with van der Waals surface area (Å²) >= 11 is 0. The van der Waals surface area contributed by atoms with Gasteiger partial charge in [-0.25, -0.2) is 0 Å². The molecular weight excluding hydrogens is 220 g/mol. The third-order valence-electron chi connectivity index (χ3n) is 4.02. The second kappa shape index (κ2) is 5.85. The third kappa shape index (κ3) is 3.56. The fourth-order valence-corrected chi connectivity index (χ4v) is 3.05. The van der Waals surface area contributed by atoms with Gasteiger partial charge in [0.15, 0.2) is 0 Å². The van der Waals surface area contributed by atoms with Crippen molar-refractivity contribution in [2.24, 2.45) is 11.1 Å². The van der Waals surface area contributed by atoms with Crippen LogP contribution in [0, 0.1) is 5.41 Å². The van der Waals surface area contributed by atoms with E-state index >= 15 is 0 Å². The van der Waals surface area contributed by atoms with E-state index in [1.165, 1.54) is 31.6 Å². The van der Waals surface area contributed by atoms with Gasteiger partial charge in [0.05, 0.1) is 0 Å². The van der Waals surface area contributed by atoms with E-state index in [1.54, 1.807) is 0 Å². The smallest absolute Gasteiger partial charge is 0.00510 e. The zero-order valence-electron chi connectivity index (χ0n) is 11.7. The van der Waals surface area contributed by atoms with Crippen molar-refractivity contribution in [1.29, 1.82) is 0 Å². The second-order valence-corrected chi connectivity index (χ2v) is 6.33. The van der Waals surface area contributed by atoms with Crippen LogP contribution in [0.2, 0.25) is 0 Å². The summed E-state index contributed by atoms with van der Waals surface area (Å²) < 4.78 is 0. The molecule has 1 atom stereocenters. The topological polar surface area (TPSA) is 29.3 Å². The van der Waals surface area contributed by atoms with Gasteiger partial charge in [-0.1, -0.05) is 44.2 Å². The summed E-state index contributed by atoms with van der Waals surface area (Å²) in [4.78, 5) is 2.60. The predicted octanol–water partition coefficient (Wildman–Crippen LogP) is 2.85. The molecule has 1 unspecified atom stereocenters. The minimum Gasteiger partial charge on any atom is -0.330 e. The van der Waals surface area contributed by atoms with Crippen molar-refractivity contribution in [3.8, 4) is 0 Å². The van der Waals surface area contributed by atoms with Crippen molar-refractivity contribution >= 4 is 0 Å². The van der Waals surface area contributed by atoms with Crippen LogP contribution in [-0.2, 0) is 0 Å². The van der Waals surface area contributed by atoms with Crippen molar-refractivity contribution in [3.05, 3.63) is 35.9 Å². The maximum absolute atomic E-state index is 5.69. The number of likely N-dealkylation sites (tertiary alicyclic amines) is 1. The van der Waals surface area contributed by atoms with E-state index in [-0.39, 0.29) is 0 Å². The first-order valence-corrected chi connectivity index (χ1v) is 7.08. The molecule has 0 saturated carbocycles. The van der Waals surface area contributed by atoms with Crippen LogP contribution >= 0.6 is 0 Å². The van der Waals surface area contributed by atoms with Gasteiger partial charge in [0.25, 0.3) is 0 Å². The van der Waals surface area contributed by atoms with Crippen LogP contribution in [0.3, 0.4) is 0 Å². The predicted molar refractivity (Wildman–Crippen MR) is 77.7 cm³/mol. The van der Waals surface area contributed by atoms with E-state index < -0.39 is 0 Å². The maximum atomic E-state index is 5.69. The molecule has 0 bridgehead atoms. The van der Waals surface area contributed by atoms with Gasteiger partial charge in [-0.15, -0.1) is 0 Å². The summed E-state index contributed by atoms with van der Waals surface area (Å²) in [5, 5.41) is 0. The molecule has 0 radical (unpaired) electrons. The minimum absolute atomic E-state index is 0.348. The number of benzene rings is 1. The van der Waals surface area contributed by atoms with Gasteiger partial charge < -0.3 is 10.6 Å². The first-order chi connectivity index (χ1) is 8.61. The van der Waals surface area contributed by atoms with E-state index in [2.05, 4.69) is 49.1 Å². The average molecular weight is 246 g/mol. The molecule has 1 aromatic rings. The molecule has 0 aliphatic carbocycles. The summed E-state index contributed by atoms with van der Waals surface area (Å²) in [5.41, 5.74) is 7.53. The number of hydrogen-bond acceptors (Lipinski definition) is 2. The Hall–Kier alpha value is -0.860. The molecule has 0 aromatic heterocycles. The summed E-state index contributed by atoms with van der Waals surface area (Å²) in [6, 6.07) is 10.9. The van der Waals surface area contributed by atoms with Crippen LogP contribution in [-0.4, -0.2) is 31.1 Å². The van der Waals surface area contributed by atoms with E-state index in [1.807, 2.05) is 0 Å². The highest BCUT2D eigenvalue weighted by atomic mass is 15.1. The van der Waals surface area contributed by atoms with Crippen molar-refractivity contribution in [1.82, 2.24) is 4.90 Å². The fraction of sp³-hybridized carbons (Fsp3) is 0.625. The summed E-state index contributed by atoms with van der Waals surface area (Å²) in [6.45, 7) is 9.06. The van der Waals surface area contributed by atoms with Crippen molar-refractivity contribution in [2.45, 2.75) is 32.6 Å². The Balaban J connectivity index is 1.89. The van der Waals surface area contributed by atoms with Crippen LogP contribution in [0.25, 0.3) is 0 Å². The Bertz CT molecular complexity index is 359. The molecule has 1 aliphatic rings. The van der Waals surface area contributed by atoms with Gasteiger partial charge >= 0.3 is 0 Å². The van der Waals surface area contributed by atoms with Gasteiger partial charge in [0, 0.05) is 13.1 Å². The Kier molecular flexibility index (Phi) is 4.41. The monoisotopic (exact) mass is 246 g/mol. The molecule has 0 amide bonds. The molecular formula is C16H26N2. The standard InChI is InChI=1S/C16H26N2/c1-16(2,9-10-17)13-18-11-8-15(12-18)14-6-4-3-5-7-14/h3-7,15H,8-13,17H2,1-2H3. The Morgan fingerprint density at radius 3 is 2.67 bits per heavy atom. The molecule has 1 fully saturated rings. The average Bonchev–Trinajstić information content (AvgIpc) is 2.77. The van der Waals surface area contributed by atoms with Gasteiger partial charge in [0.1, 0.15) is 0 Å². The molecule has 2 rings (SSSR count). The molecule has 2 N–H and O–H groups in total. The fourth-order valence-electron chi connectivity index (χ4n) is 3.05. The summed E-state index contributed by atoms with van der Waals surface area (Å²) in [5.74, 6) is 0.722. The van der Waals surface area contributed by atoms with Crippen LogP contribution in [0.4, 0.5) is 0 Å². The molecule has 1 aliphatic heterocycles. The third-order valence-corrected chi connectivity index (χ3v) is 4.02. The quantitative estimate of drug-likeness (QED) is 0.865.